The fourth-order valence-corrected chi connectivity index (χ4v) is 1.37. The fraction of sp³-hybridized carbons (Fsp3) is 0.455. The number of rotatable bonds is 3. The highest BCUT2D eigenvalue weighted by atomic mass is 19.4. The molecule has 0 saturated carbocycles. The van der Waals surface area contributed by atoms with E-state index in [1.807, 2.05) is 0 Å². The summed E-state index contributed by atoms with van der Waals surface area (Å²) in [7, 11) is 3.16. The molecule has 108 valence electrons. The second kappa shape index (κ2) is 5.38. The first kappa shape index (κ1) is 15.8. The van der Waals surface area contributed by atoms with E-state index in [2.05, 4.69) is 5.43 Å². The van der Waals surface area contributed by atoms with Crippen LogP contribution in [-0.4, -0.2) is 19.1 Å². The standard InChI is InChI=1S/C11H12F6N2/c1-19(2)18-6-7-3-8(10(12,13)14)5-9(4-7)11(15,16)17/h3-5,18H,6H2,1-2H3. The number of nitrogens with one attached hydrogen (secondary N) is 1. The molecule has 0 aliphatic rings. The lowest BCUT2D eigenvalue weighted by atomic mass is 10.0. The molecule has 0 bridgehead atoms. The van der Waals surface area contributed by atoms with E-state index in [0.29, 0.717) is 12.1 Å². The molecular weight excluding hydrogens is 274 g/mol. The van der Waals surface area contributed by atoms with Gasteiger partial charge in [-0.25, -0.2) is 0 Å². The van der Waals surface area contributed by atoms with Gasteiger partial charge in [-0.1, -0.05) is 0 Å². The van der Waals surface area contributed by atoms with Crippen LogP contribution in [0.25, 0.3) is 0 Å². The van der Waals surface area contributed by atoms with Crippen molar-refractivity contribution in [2.24, 2.45) is 0 Å². The van der Waals surface area contributed by atoms with Crippen molar-refractivity contribution in [2.45, 2.75) is 18.9 Å². The zero-order valence-electron chi connectivity index (χ0n) is 10.2. The van der Waals surface area contributed by atoms with Crippen molar-refractivity contribution in [3.05, 3.63) is 34.9 Å². The summed E-state index contributed by atoms with van der Waals surface area (Å²) in [6.07, 6.45) is -9.62. The van der Waals surface area contributed by atoms with Crippen LogP contribution in [0.4, 0.5) is 26.3 Å². The summed E-state index contributed by atoms with van der Waals surface area (Å²) in [5, 5.41) is 1.44. The molecule has 1 N–H and O–H groups in total. The molecule has 0 spiro atoms. The molecule has 0 atom stereocenters. The fourth-order valence-electron chi connectivity index (χ4n) is 1.37. The van der Waals surface area contributed by atoms with E-state index in [4.69, 9.17) is 0 Å². The van der Waals surface area contributed by atoms with E-state index in [-0.39, 0.29) is 18.2 Å². The molecule has 0 radical (unpaired) electrons. The Labute approximate surface area is 106 Å². The highest BCUT2D eigenvalue weighted by Crippen LogP contribution is 2.36. The number of alkyl halides is 6. The quantitative estimate of drug-likeness (QED) is 0.677. The molecule has 8 heteroatoms. The normalized spacial score (nSPS) is 13.1. The summed E-state index contributed by atoms with van der Waals surface area (Å²) in [4.78, 5) is 0. The molecule has 0 aliphatic heterocycles. The van der Waals surface area contributed by atoms with Crippen molar-refractivity contribution < 1.29 is 26.3 Å². The van der Waals surface area contributed by atoms with Gasteiger partial charge < -0.3 is 0 Å². The van der Waals surface area contributed by atoms with Gasteiger partial charge in [0, 0.05) is 20.6 Å². The van der Waals surface area contributed by atoms with E-state index in [0.717, 1.165) is 0 Å². The first-order chi connectivity index (χ1) is 8.50. The third-order valence-corrected chi connectivity index (χ3v) is 2.25. The lowest BCUT2D eigenvalue weighted by molar-refractivity contribution is -0.143. The summed E-state index contributed by atoms with van der Waals surface area (Å²) < 4.78 is 75.2. The third-order valence-electron chi connectivity index (χ3n) is 2.25. The Morgan fingerprint density at radius 3 is 1.63 bits per heavy atom. The maximum absolute atomic E-state index is 12.5. The van der Waals surface area contributed by atoms with Crippen LogP contribution in [0.5, 0.6) is 0 Å². The Kier molecular flexibility index (Phi) is 4.46. The Morgan fingerprint density at radius 2 is 1.32 bits per heavy atom. The van der Waals surface area contributed by atoms with Gasteiger partial charge in [0.05, 0.1) is 11.1 Å². The van der Waals surface area contributed by atoms with Crippen molar-refractivity contribution in [1.29, 1.82) is 0 Å². The van der Waals surface area contributed by atoms with Crippen molar-refractivity contribution in [1.82, 2.24) is 10.4 Å². The smallest absolute Gasteiger partial charge is 0.251 e. The Hall–Kier alpha value is -1.28. The largest absolute Gasteiger partial charge is 0.416 e. The number of nitrogens with zero attached hydrogens (tertiary/aromatic N) is 1. The van der Waals surface area contributed by atoms with Crippen molar-refractivity contribution in [2.75, 3.05) is 14.1 Å². The molecule has 0 saturated heterocycles. The van der Waals surface area contributed by atoms with Gasteiger partial charge in [-0.3, -0.25) is 10.4 Å². The SMILES string of the molecule is CN(C)NCc1cc(C(F)(F)F)cc(C(F)(F)F)c1. The molecular formula is C11H12F6N2. The number of benzene rings is 1. The van der Waals surface area contributed by atoms with Gasteiger partial charge >= 0.3 is 12.4 Å². The molecule has 0 heterocycles. The Balaban J connectivity index is 3.17. The second-order valence-corrected chi connectivity index (χ2v) is 4.14. The molecule has 1 aromatic rings. The third kappa shape index (κ3) is 4.71. The minimum absolute atomic E-state index is 0.0872. The summed E-state index contributed by atoms with van der Waals surface area (Å²) >= 11 is 0. The van der Waals surface area contributed by atoms with E-state index in [1.54, 1.807) is 14.1 Å². The maximum Gasteiger partial charge on any atom is 0.416 e. The van der Waals surface area contributed by atoms with Gasteiger partial charge in [0.25, 0.3) is 0 Å². The molecule has 19 heavy (non-hydrogen) atoms. The van der Waals surface area contributed by atoms with Crippen LogP contribution in [0.2, 0.25) is 0 Å². The molecule has 0 aromatic heterocycles. The minimum Gasteiger partial charge on any atom is -0.251 e. The van der Waals surface area contributed by atoms with E-state index in [9.17, 15) is 26.3 Å². The maximum atomic E-state index is 12.5. The van der Waals surface area contributed by atoms with Gasteiger partial charge in [-0.15, -0.1) is 0 Å². The van der Waals surface area contributed by atoms with Gasteiger partial charge in [0.2, 0.25) is 0 Å². The predicted molar refractivity (Wildman–Crippen MR) is 57.0 cm³/mol. The summed E-state index contributed by atoms with van der Waals surface area (Å²) in [6.45, 7) is -0.125. The van der Waals surface area contributed by atoms with Crippen LogP contribution in [0.1, 0.15) is 16.7 Å². The van der Waals surface area contributed by atoms with Crippen molar-refractivity contribution >= 4 is 0 Å². The monoisotopic (exact) mass is 286 g/mol. The first-order valence-electron chi connectivity index (χ1n) is 5.19. The Bertz CT molecular complexity index is 404. The zero-order chi connectivity index (χ0) is 14.8. The van der Waals surface area contributed by atoms with Crippen LogP contribution in [0, 0.1) is 0 Å². The zero-order valence-corrected chi connectivity index (χ0v) is 10.2. The van der Waals surface area contributed by atoms with Crippen LogP contribution in [0.15, 0.2) is 18.2 Å². The van der Waals surface area contributed by atoms with Crippen molar-refractivity contribution in [3.63, 3.8) is 0 Å². The van der Waals surface area contributed by atoms with Crippen LogP contribution < -0.4 is 5.43 Å². The average Bonchev–Trinajstić information content (AvgIpc) is 2.23. The van der Waals surface area contributed by atoms with E-state index in [1.165, 1.54) is 5.01 Å². The summed E-state index contributed by atoms with van der Waals surface area (Å²) in [6, 6.07) is 1.51. The molecule has 2 nitrogen and oxygen atoms in total. The number of hydrazine groups is 1. The second-order valence-electron chi connectivity index (χ2n) is 4.14. The topological polar surface area (TPSA) is 15.3 Å². The number of halogens is 6. The molecule has 0 fully saturated rings. The minimum atomic E-state index is -4.81. The van der Waals surface area contributed by atoms with Gasteiger partial charge in [-0.2, -0.15) is 26.3 Å². The molecule has 0 aliphatic carbocycles. The Morgan fingerprint density at radius 1 is 0.895 bits per heavy atom. The van der Waals surface area contributed by atoms with Gasteiger partial charge in [0.1, 0.15) is 0 Å². The summed E-state index contributed by atoms with van der Waals surface area (Å²) in [5.74, 6) is 0. The molecule has 1 rings (SSSR count). The number of hydrogen-bond acceptors (Lipinski definition) is 2. The molecule has 1 aromatic carbocycles. The lowest BCUT2D eigenvalue weighted by Crippen LogP contribution is -2.29. The summed E-state index contributed by atoms with van der Waals surface area (Å²) in [5.41, 5.74) is -0.0845. The molecule has 0 unspecified atom stereocenters. The van der Waals surface area contributed by atoms with Gasteiger partial charge in [0.15, 0.2) is 0 Å². The highest BCUT2D eigenvalue weighted by molar-refractivity contribution is 5.33. The first-order valence-corrected chi connectivity index (χ1v) is 5.19. The van der Waals surface area contributed by atoms with E-state index >= 15 is 0 Å². The number of hydrogen-bond donors (Lipinski definition) is 1. The van der Waals surface area contributed by atoms with Crippen LogP contribution in [0.3, 0.4) is 0 Å². The van der Waals surface area contributed by atoms with E-state index < -0.39 is 23.5 Å². The predicted octanol–water partition coefficient (Wildman–Crippen LogP) is 3.29. The average molecular weight is 286 g/mol. The molecule has 0 amide bonds. The van der Waals surface area contributed by atoms with Crippen LogP contribution in [-0.2, 0) is 18.9 Å². The lowest BCUT2D eigenvalue weighted by Gasteiger charge is -2.16. The van der Waals surface area contributed by atoms with Crippen LogP contribution >= 0.6 is 0 Å². The highest BCUT2D eigenvalue weighted by Gasteiger charge is 2.36. The van der Waals surface area contributed by atoms with Crippen molar-refractivity contribution in [3.8, 4) is 0 Å². The van der Waals surface area contributed by atoms with Gasteiger partial charge in [-0.05, 0) is 23.8 Å².